The van der Waals surface area contributed by atoms with E-state index in [2.05, 4.69) is 50.5 Å². The molecule has 0 spiro atoms. The first-order valence-electron chi connectivity index (χ1n) is 10.1. The van der Waals surface area contributed by atoms with E-state index >= 15 is 0 Å². The molecule has 0 amide bonds. The smallest absolute Gasteiger partial charge is 0.132 e. The first-order valence-corrected chi connectivity index (χ1v) is 10.1. The fraction of sp³-hybridized carbons (Fsp3) is 0.261. The SMILES string of the molecule is Cc1nc(-c2cc(-c3cnn(C4CCNCC4)c3)cnc2N)cc2ccccc12. The predicted octanol–water partition coefficient (Wildman–Crippen LogP) is 3.98. The third-order valence-corrected chi connectivity index (χ3v) is 5.74. The minimum absolute atomic E-state index is 0.455. The molecular weight excluding hydrogens is 360 g/mol. The third-order valence-electron chi connectivity index (χ3n) is 5.74. The van der Waals surface area contributed by atoms with Crippen molar-refractivity contribution in [3.8, 4) is 22.4 Å². The molecule has 1 fully saturated rings. The van der Waals surface area contributed by atoms with E-state index in [4.69, 9.17) is 10.7 Å². The van der Waals surface area contributed by atoms with Gasteiger partial charge >= 0.3 is 0 Å². The van der Waals surface area contributed by atoms with Crippen LogP contribution in [-0.4, -0.2) is 32.8 Å². The molecule has 4 heterocycles. The molecule has 6 heteroatoms. The molecule has 1 aromatic carbocycles. The Kier molecular flexibility index (Phi) is 4.48. The average Bonchev–Trinajstić information content (AvgIpc) is 3.25. The summed E-state index contributed by atoms with van der Waals surface area (Å²) in [5.41, 5.74) is 11.0. The van der Waals surface area contributed by atoms with E-state index in [-0.39, 0.29) is 0 Å². The highest BCUT2D eigenvalue weighted by Crippen LogP contribution is 2.31. The summed E-state index contributed by atoms with van der Waals surface area (Å²) in [6, 6.07) is 12.9. The lowest BCUT2D eigenvalue weighted by Crippen LogP contribution is -2.29. The summed E-state index contributed by atoms with van der Waals surface area (Å²) in [7, 11) is 0. The average molecular weight is 384 g/mol. The van der Waals surface area contributed by atoms with Gasteiger partial charge in [0.2, 0.25) is 0 Å². The van der Waals surface area contributed by atoms with Crippen molar-refractivity contribution < 1.29 is 0 Å². The van der Waals surface area contributed by atoms with Gasteiger partial charge < -0.3 is 11.1 Å². The second-order valence-electron chi connectivity index (χ2n) is 7.66. The number of fused-ring (bicyclic) bond motifs is 1. The normalized spacial score (nSPS) is 15.1. The van der Waals surface area contributed by atoms with Crippen LogP contribution in [0.4, 0.5) is 5.82 Å². The third kappa shape index (κ3) is 3.36. The van der Waals surface area contributed by atoms with Crippen molar-refractivity contribution in [2.75, 3.05) is 18.8 Å². The highest BCUT2D eigenvalue weighted by Gasteiger charge is 2.17. The molecule has 3 aromatic heterocycles. The highest BCUT2D eigenvalue weighted by atomic mass is 15.3. The van der Waals surface area contributed by atoms with Crippen molar-refractivity contribution in [3.63, 3.8) is 0 Å². The van der Waals surface area contributed by atoms with Gasteiger partial charge in [0.1, 0.15) is 5.82 Å². The van der Waals surface area contributed by atoms with Gasteiger partial charge in [-0.3, -0.25) is 9.67 Å². The molecule has 5 rings (SSSR count). The van der Waals surface area contributed by atoms with Crippen LogP contribution in [0, 0.1) is 6.92 Å². The molecule has 1 aliphatic heterocycles. The van der Waals surface area contributed by atoms with Crippen LogP contribution in [0.2, 0.25) is 0 Å². The standard InChI is InChI=1S/C23H24N6/c1-15-20-5-3-2-4-16(20)11-22(28-15)21-10-17(12-26-23(21)24)18-13-27-29(14-18)19-6-8-25-9-7-19/h2-5,10-14,19,25H,6-9H2,1H3,(H2,24,26). The van der Waals surface area contributed by atoms with Crippen LogP contribution < -0.4 is 11.1 Å². The van der Waals surface area contributed by atoms with Crippen molar-refractivity contribution in [2.45, 2.75) is 25.8 Å². The molecule has 0 bridgehead atoms. The molecule has 0 unspecified atom stereocenters. The quantitative estimate of drug-likeness (QED) is 0.558. The van der Waals surface area contributed by atoms with E-state index in [0.29, 0.717) is 11.9 Å². The van der Waals surface area contributed by atoms with Crippen molar-refractivity contribution in [1.82, 2.24) is 25.1 Å². The lowest BCUT2D eigenvalue weighted by atomic mass is 10.0. The van der Waals surface area contributed by atoms with Crippen molar-refractivity contribution in [3.05, 3.63) is 60.7 Å². The number of pyridine rings is 2. The van der Waals surface area contributed by atoms with E-state index in [9.17, 15) is 0 Å². The van der Waals surface area contributed by atoms with Crippen LogP contribution in [0.15, 0.2) is 55.0 Å². The first-order chi connectivity index (χ1) is 14.2. The fourth-order valence-corrected chi connectivity index (χ4v) is 4.11. The van der Waals surface area contributed by atoms with Gasteiger partial charge in [-0.05, 0) is 50.4 Å². The number of nitrogens with one attached hydrogen (secondary N) is 1. The Balaban J connectivity index is 1.53. The Labute approximate surface area is 169 Å². The van der Waals surface area contributed by atoms with Gasteiger partial charge in [-0.2, -0.15) is 5.10 Å². The summed E-state index contributed by atoms with van der Waals surface area (Å²) in [5, 5.41) is 10.3. The molecule has 1 saturated heterocycles. The topological polar surface area (TPSA) is 81.7 Å². The number of anilines is 1. The van der Waals surface area contributed by atoms with Crippen LogP contribution in [0.5, 0.6) is 0 Å². The second kappa shape index (κ2) is 7.29. The zero-order valence-electron chi connectivity index (χ0n) is 16.5. The van der Waals surface area contributed by atoms with Crippen molar-refractivity contribution in [2.24, 2.45) is 0 Å². The molecular formula is C23H24N6. The number of rotatable bonds is 3. The summed E-state index contributed by atoms with van der Waals surface area (Å²) in [5.74, 6) is 0.488. The van der Waals surface area contributed by atoms with Crippen LogP contribution in [0.25, 0.3) is 33.2 Å². The molecule has 0 aliphatic carbocycles. The maximum absolute atomic E-state index is 6.24. The number of nitrogens with zero attached hydrogens (tertiary/aromatic N) is 4. The number of aryl methyl sites for hydroxylation is 1. The van der Waals surface area contributed by atoms with Gasteiger partial charge in [-0.1, -0.05) is 24.3 Å². The summed E-state index contributed by atoms with van der Waals surface area (Å²) in [6.07, 6.45) is 8.06. The zero-order chi connectivity index (χ0) is 19.8. The molecule has 1 aliphatic rings. The Hall–Kier alpha value is -3.25. The van der Waals surface area contributed by atoms with E-state index in [1.807, 2.05) is 31.5 Å². The maximum atomic E-state index is 6.24. The summed E-state index contributed by atoms with van der Waals surface area (Å²) in [6.45, 7) is 4.11. The van der Waals surface area contributed by atoms with E-state index in [1.54, 1.807) is 0 Å². The number of benzene rings is 1. The van der Waals surface area contributed by atoms with E-state index < -0.39 is 0 Å². The van der Waals surface area contributed by atoms with Gasteiger partial charge in [0.05, 0.1) is 17.9 Å². The van der Waals surface area contributed by atoms with Crippen molar-refractivity contribution in [1.29, 1.82) is 0 Å². The van der Waals surface area contributed by atoms with Crippen LogP contribution >= 0.6 is 0 Å². The van der Waals surface area contributed by atoms with Gasteiger partial charge in [0, 0.05) is 40.2 Å². The minimum atomic E-state index is 0.455. The molecule has 0 saturated carbocycles. The highest BCUT2D eigenvalue weighted by molar-refractivity contribution is 5.89. The molecule has 0 radical (unpaired) electrons. The van der Waals surface area contributed by atoms with Gasteiger partial charge in [-0.15, -0.1) is 0 Å². The van der Waals surface area contributed by atoms with E-state index in [0.717, 1.165) is 64.8 Å². The molecule has 0 atom stereocenters. The predicted molar refractivity (Wildman–Crippen MR) is 116 cm³/mol. The monoisotopic (exact) mass is 384 g/mol. The second-order valence-corrected chi connectivity index (χ2v) is 7.66. The van der Waals surface area contributed by atoms with Crippen LogP contribution in [0.3, 0.4) is 0 Å². The Morgan fingerprint density at radius 1 is 1.07 bits per heavy atom. The number of hydrogen-bond acceptors (Lipinski definition) is 5. The molecule has 4 aromatic rings. The summed E-state index contributed by atoms with van der Waals surface area (Å²) >= 11 is 0. The molecule has 6 nitrogen and oxygen atoms in total. The number of aromatic nitrogens is 4. The number of nitrogens with two attached hydrogens (primary N) is 1. The molecule has 3 N–H and O–H groups in total. The molecule has 146 valence electrons. The van der Waals surface area contributed by atoms with E-state index in [1.165, 1.54) is 0 Å². The molecule has 29 heavy (non-hydrogen) atoms. The Morgan fingerprint density at radius 2 is 1.90 bits per heavy atom. The Morgan fingerprint density at radius 3 is 2.76 bits per heavy atom. The fourth-order valence-electron chi connectivity index (χ4n) is 4.11. The number of piperidine rings is 1. The maximum Gasteiger partial charge on any atom is 0.132 e. The Bertz CT molecular complexity index is 1170. The minimum Gasteiger partial charge on any atom is -0.383 e. The first kappa shape index (κ1) is 17.8. The van der Waals surface area contributed by atoms with Crippen molar-refractivity contribution >= 4 is 16.6 Å². The van der Waals surface area contributed by atoms with Crippen LogP contribution in [-0.2, 0) is 0 Å². The summed E-state index contributed by atoms with van der Waals surface area (Å²) < 4.78 is 2.09. The lowest BCUT2D eigenvalue weighted by molar-refractivity contribution is 0.343. The van der Waals surface area contributed by atoms with Gasteiger partial charge in [-0.25, -0.2) is 4.98 Å². The zero-order valence-corrected chi connectivity index (χ0v) is 16.5. The largest absolute Gasteiger partial charge is 0.383 e. The van der Waals surface area contributed by atoms with Gasteiger partial charge in [0.25, 0.3) is 0 Å². The summed E-state index contributed by atoms with van der Waals surface area (Å²) in [4.78, 5) is 9.25. The van der Waals surface area contributed by atoms with Crippen LogP contribution in [0.1, 0.15) is 24.6 Å². The number of hydrogen-bond donors (Lipinski definition) is 2. The van der Waals surface area contributed by atoms with Gasteiger partial charge in [0.15, 0.2) is 0 Å². The number of nitrogen functional groups attached to an aromatic ring is 1. The lowest BCUT2D eigenvalue weighted by Gasteiger charge is -2.22.